The number of methoxy groups -OCH3 is 4. The monoisotopic (exact) mass is 694 g/mol. The Morgan fingerprint density at radius 3 is 2.02 bits per heavy atom. The number of rotatable bonds is 21. The zero-order valence-electron chi connectivity index (χ0n) is 27.0. The van der Waals surface area contributed by atoms with Crippen molar-refractivity contribution in [1.29, 1.82) is 0 Å². The smallest absolute Gasteiger partial charge is 0.322 e. The molecule has 0 aliphatic rings. The Kier molecular flexibility index (Phi) is 16.3. The summed E-state index contributed by atoms with van der Waals surface area (Å²) in [4.78, 5) is 61.2. The molecule has 0 saturated carbocycles. The van der Waals surface area contributed by atoms with E-state index < -0.39 is 59.6 Å². The van der Waals surface area contributed by atoms with Gasteiger partial charge in [0.25, 0.3) is 0 Å². The molecule has 2 aromatic rings. The molecule has 0 spiro atoms. The molecule has 0 bridgehead atoms. The first-order valence-electron chi connectivity index (χ1n) is 14.6. The second kappa shape index (κ2) is 19.8. The van der Waals surface area contributed by atoms with E-state index in [2.05, 4.69) is 16.0 Å². The van der Waals surface area contributed by atoms with Gasteiger partial charge in [-0.1, -0.05) is 12.1 Å². The fourth-order valence-electron chi connectivity index (χ4n) is 4.33. The van der Waals surface area contributed by atoms with E-state index >= 15 is 0 Å². The van der Waals surface area contributed by atoms with Crippen LogP contribution in [0.1, 0.15) is 30.1 Å². The number of carboxylic acids is 2. The summed E-state index contributed by atoms with van der Waals surface area (Å²) in [6.45, 7) is -0.582. The zero-order chi connectivity index (χ0) is 35.8. The van der Waals surface area contributed by atoms with E-state index in [1.54, 1.807) is 24.3 Å². The molecule has 0 aliphatic carbocycles. The van der Waals surface area contributed by atoms with Crippen LogP contribution in [0.2, 0.25) is 0 Å². The summed E-state index contributed by atoms with van der Waals surface area (Å²) in [7, 11) is 5.87. The predicted molar refractivity (Wildman–Crippen MR) is 174 cm³/mol. The van der Waals surface area contributed by atoms with Crippen LogP contribution in [-0.2, 0) is 30.4 Å². The largest absolute Gasteiger partial charge is 0.493 e. The van der Waals surface area contributed by atoms with Gasteiger partial charge in [0.1, 0.15) is 23.9 Å². The fraction of sp³-hybridized carbons (Fsp3) is 0.452. The molecule has 0 saturated heterocycles. The highest BCUT2D eigenvalue weighted by Crippen LogP contribution is 2.34. The van der Waals surface area contributed by atoms with Crippen LogP contribution < -0.4 is 40.6 Å². The Morgan fingerprint density at radius 2 is 1.44 bits per heavy atom. The lowest BCUT2D eigenvalue weighted by Gasteiger charge is -2.25. The van der Waals surface area contributed by atoms with Gasteiger partial charge >= 0.3 is 11.9 Å². The van der Waals surface area contributed by atoms with Gasteiger partial charge in [0.2, 0.25) is 17.7 Å². The lowest BCUT2D eigenvalue weighted by Crippen LogP contribution is -2.50. The Morgan fingerprint density at radius 1 is 0.833 bits per heavy atom. The number of aliphatic hydroxyl groups excluding tert-OH is 1. The van der Waals surface area contributed by atoms with Crippen molar-refractivity contribution >= 4 is 41.4 Å². The number of benzene rings is 2. The summed E-state index contributed by atoms with van der Waals surface area (Å²) in [6, 6.07) is 7.23. The maximum atomic E-state index is 13.6. The Bertz CT molecular complexity index is 1430. The lowest BCUT2D eigenvalue weighted by molar-refractivity contribution is -0.139. The van der Waals surface area contributed by atoms with Crippen LogP contribution >= 0.6 is 11.8 Å². The first-order valence-corrected chi connectivity index (χ1v) is 15.7. The number of carboxylic acid groups (broad SMARTS) is 2. The molecule has 17 heteroatoms. The molecule has 0 heterocycles. The molecule has 4 unspecified atom stereocenters. The van der Waals surface area contributed by atoms with Crippen molar-refractivity contribution < 1.29 is 58.2 Å². The number of hydrogen-bond acceptors (Lipinski definition) is 12. The first kappa shape index (κ1) is 39.4. The SMILES string of the molecule is COc1ccc(CCNC(=O)C(SCC(NC(=O)CCC(N)C(=O)O)C(=O)NCC(=O)O)C(O)c2ccc(OC)c(OC)c2)cc1OC. The van der Waals surface area contributed by atoms with Crippen molar-refractivity contribution in [3.63, 3.8) is 0 Å². The molecule has 2 aromatic carbocycles. The maximum absolute atomic E-state index is 13.6. The van der Waals surface area contributed by atoms with Gasteiger partial charge in [-0.3, -0.25) is 24.0 Å². The zero-order valence-corrected chi connectivity index (χ0v) is 27.8. The van der Waals surface area contributed by atoms with Crippen molar-refractivity contribution in [2.75, 3.05) is 47.3 Å². The molecule has 264 valence electrons. The fourth-order valence-corrected chi connectivity index (χ4v) is 5.54. The van der Waals surface area contributed by atoms with Crippen LogP contribution in [0.15, 0.2) is 36.4 Å². The first-order chi connectivity index (χ1) is 22.8. The summed E-state index contributed by atoms with van der Waals surface area (Å²) in [5.74, 6) is -3.36. The normalized spacial score (nSPS) is 13.2. The molecule has 0 aliphatic heterocycles. The molecule has 2 rings (SSSR count). The number of nitrogens with one attached hydrogen (secondary N) is 3. The Balaban J connectivity index is 2.30. The summed E-state index contributed by atoms with van der Waals surface area (Å²) in [6.07, 6.45) is -1.61. The van der Waals surface area contributed by atoms with Gasteiger partial charge in [-0.05, 0) is 48.2 Å². The van der Waals surface area contributed by atoms with Crippen LogP contribution in [0.25, 0.3) is 0 Å². The second-order valence-corrected chi connectivity index (χ2v) is 11.4. The van der Waals surface area contributed by atoms with Crippen LogP contribution in [0.3, 0.4) is 0 Å². The van der Waals surface area contributed by atoms with Crippen molar-refractivity contribution in [3.05, 3.63) is 47.5 Å². The molecule has 0 aromatic heterocycles. The van der Waals surface area contributed by atoms with E-state index in [4.69, 9.17) is 34.9 Å². The quantitative estimate of drug-likeness (QED) is 0.0916. The number of amides is 3. The number of aliphatic hydroxyl groups is 1. The van der Waals surface area contributed by atoms with E-state index in [0.717, 1.165) is 17.3 Å². The summed E-state index contributed by atoms with van der Waals surface area (Å²) < 4.78 is 21.2. The van der Waals surface area contributed by atoms with Gasteiger partial charge in [0.05, 0.1) is 34.5 Å². The number of aliphatic carboxylic acids is 2. The minimum absolute atomic E-state index is 0.160. The van der Waals surface area contributed by atoms with Crippen molar-refractivity contribution in [1.82, 2.24) is 16.0 Å². The van der Waals surface area contributed by atoms with E-state index in [1.165, 1.54) is 34.5 Å². The summed E-state index contributed by atoms with van der Waals surface area (Å²) >= 11 is 0.843. The topological polar surface area (TPSA) is 245 Å². The second-order valence-electron chi connectivity index (χ2n) is 10.3. The number of carbonyl (C=O) groups is 5. The standard InChI is InChI=1S/C31H42N4O12S/c1-44-21-8-5-17(13-23(21)46-3)11-12-33-30(41)28(27(39)18-6-9-22(45-2)24(14-18)47-4)48-16-20(29(40)34-15-26(37)38)35-25(36)10-7-19(32)31(42)43/h5-6,8-9,13-14,19-20,27-28,39H,7,10-12,15-16,32H2,1-4H3,(H,33,41)(H,34,40)(H,35,36)(H,37,38)(H,42,43). The number of thioether (sulfide) groups is 1. The Hall–Kier alpha value is -4.74. The highest BCUT2D eigenvalue weighted by atomic mass is 32.2. The number of hydrogen-bond donors (Lipinski definition) is 7. The molecular formula is C31H42N4O12S. The van der Waals surface area contributed by atoms with Gasteiger partial charge in [-0.25, -0.2) is 0 Å². The predicted octanol–water partition coefficient (Wildman–Crippen LogP) is 0.0928. The van der Waals surface area contributed by atoms with Crippen molar-refractivity contribution in [2.24, 2.45) is 5.73 Å². The molecule has 8 N–H and O–H groups in total. The van der Waals surface area contributed by atoms with Crippen LogP contribution in [0, 0.1) is 0 Å². The maximum Gasteiger partial charge on any atom is 0.322 e. The minimum atomic E-state index is -1.44. The van der Waals surface area contributed by atoms with Crippen LogP contribution in [0.4, 0.5) is 0 Å². The van der Waals surface area contributed by atoms with E-state index in [1.807, 2.05) is 6.07 Å². The molecule has 16 nitrogen and oxygen atoms in total. The van der Waals surface area contributed by atoms with E-state index in [9.17, 15) is 29.1 Å². The third-order valence-corrected chi connectivity index (χ3v) is 8.32. The molecule has 0 radical (unpaired) electrons. The molecular weight excluding hydrogens is 652 g/mol. The molecule has 48 heavy (non-hydrogen) atoms. The third kappa shape index (κ3) is 12.1. The van der Waals surface area contributed by atoms with Gasteiger partial charge in [-0.2, -0.15) is 0 Å². The minimum Gasteiger partial charge on any atom is -0.493 e. The number of carbonyl (C=O) groups excluding carboxylic acids is 3. The van der Waals surface area contributed by atoms with Gasteiger partial charge in [0, 0.05) is 18.7 Å². The highest BCUT2D eigenvalue weighted by Gasteiger charge is 2.32. The van der Waals surface area contributed by atoms with E-state index in [0.29, 0.717) is 35.0 Å². The highest BCUT2D eigenvalue weighted by molar-refractivity contribution is 8.00. The van der Waals surface area contributed by atoms with Gasteiger partial charge < -0.3 is 56.0 Å². The van der Waals surface area contributed by atoms with Gasteiger partial charge in [-0.15, -0.1) is 11.8 Å². The van der Waals surface area contributed by atoms with Crippen molar-refractivity contribution in [2.45, 2.75) is 42.7 Å². The lowest BCUT2D eigenvalue weighted by atomic mass is 10.0. The summed E-state index contributed by atoms with van der Waals surface area (Å²) in [5.41, 5.74) is 6.59. The van der Waals surface area contributed by atoms with E-state index in [-0.39, 0.29) is 25.1 Å². The number of ether oxygens (including phenoxy) is 4. The van der Waals surface area contributed by atoms with Crippen LogP contribution in [-0.4, -0.2) is 110 Å². The Labute approximate surface area is 281 Å². The third-order valence-electron chi connectivity index (χ3n) is 6.96. The van der Waals surface area contributed by atoms with Crippen molar-refractivity contribution in [3.8, 4) is 23.0 Å². The van der Waals surface area contributed by atoms with Gasteiger partial charge in [0.15, 0.2) is 23.0 Å². The molecule has 3 amide bonds. The molecule has 0 fully saturated rings. The van der Waals surface area contributed by atoms with Crippen LogP contribution in [0.5, 0.6) is 23.0 Å². The molecule has 4 atom stereocenters. The average molecular weight is 695 g/mol. The number of nitrogens with two attached hydrogens (primary N) is 1. The average Bonchev–Trinajstić information content (AvgIpc) is 3.08. The summed E-state index contributed by atoms with van der Waals surface area (Å²) in [5, 5.41) is 35.6.